The van der Waals surface area contributed by atoms with Crippen molar-refractivity contribution in [3.05, 3.63) is 84.8 Å². The Hall–Kier alpha value is -3.98. The molecule has 9 heteroatoms. The van der Waals surface area contributed by atoms with E-state index in [0.717, 1.165) is 16.6 Å². The standard InChI is InChI=1S/C24H21N5O3S/c30-24(13-8-18-6-10-20(11-7-18)29-14-3-15-33(29,31)32)27-19-9-12-23(25-16-19)28-17-26-21-4-1-2-5-22(21)28/h1-2,4-13,16-17H,3,14-15H2,(H,27,30)/b13-8+. The minimum Gasteiger partial charge on any atom is -0.321 e. The summed E-state index contributed by atoms with van der Waals surface area (Å²) in [6, 6.07) is 18.5. The van der Waals surface area contributed by atoms with Crippen molar-refractivity contribution in [1.29, 1.82) is 0 Å². The van der Waals surface area contributed by atoms with Crippen LogP contribution in [0.2, 0.25) is 0 Å². The number of fused-ring (bicyclic) bond motifs is 1. The van der Waals surface area contributed by atoms with E-state index in [1.165, 1.54) is 10.4 Å². The first-order chi connectivity index (χ1) is 16.0. The van der Waals surface area contributed by atoms with Crippen LogP contribution in [0.4, 0.5) is 11.4 Å². The molecule has 0 saturated carbocycles. The van der Waals surface area contributed by atoms with Crippen molar-refractivity contribution in [2.75, 3.05) is 21.9 Å². The number of imidazole rings is 1. The van der Waals surface area contributed by atoms with Gasteiger partial charge in [0.15, 0.2) is 0 Å². The summed E-state index contributed by atoms with van der Waals surface area (Å²) in [6.07, 6.45) is 7.06. The summed E-state index contributed by atoms with van der Waals surface area (Å²) >= 11 is 0. The molecule has 1 aliphatic rings. The number of carbonyl (C=O) groups is 1. The quantitative estimate of drug-likeness (QED) is 0.460. The Kier molecular flexibility index (Phi) is 5.39. The second-order valence-corrected chi connectivity index (χ2v) is 9.68. The number of anilines is 2. The molecule has 4 aromatic rings. The number of benzene rings is 2. The Morgan fingerprint density at radius 1 is 1.00 bits per heavy atom. The molecule has 0 atom stereocenters. The summed E-state index contributed by atoms with van der Waals surface area (Å²) < 4.78 is 27.4. The zero-order chi connectivity index (χ0) is 22.8. The van der Waals surface area contributed by atoms with Gasteiger partial charge in [0.1, 0.15) is 12.1 Å². The van der Waals surface area contributed by atoms with Gasteiger partial charge in [0.05, 0.1) is 34.4 Å². The third-order valence-corrected chi connectivity index (χ3v) is 7.29. The van der Waals surface area contributed by atoms with Crippen LogP contribution in [0, 0.1) is 0 Å². The summed E-state index contributed by atoms with van der Waals surface area (Å²) in [5.74, 6) is 0.602. The maximum absolute atomic E-state index is 12.3. The first-order valence-corrected chi connectivity index (χ1v) is 12.1. The maximum atomic E-state index is 12.3. The van der Waals surface area contributed by atoms with Gasteiger partial charge in [0.2, 0.25) is 15.9 Å². The average molecular weight is 460 g/mol. The predicted octanol–water partition coefficient (Wildman–Crippen LogP) is 3.61. The number of sulfonamides is 1. The molecule has 3 heterocycles. The van der Waals surface area contributed by atoms with Crippen LogP contribution in [0.1, 0.15) is 12.0 Å². The summed E-state index contributed by atoms with van der Waals surface area (Å²) in [5, 5.41) is 2.79. The molecule has 2 aromatic carbocycles. The molecule has 166 valence electrons. The van der Waals surface area contributed by atoms with Crippen molar-refractivity contribution < 1.29 is 13.2 Å². The summed E-state index contributed by atoms with van der Waals surface area (Å²) in [4.78, 5) is 21.1. The van der Waals surface area contributed by atoms with Gasteiger partial charge in [-0.05, 0) is 54.5 Å². The van der Waals surface area contributed by atoms with Crippen LogP contribution in [-0.2, 0) is 14.8 Å². The van der Waals surface area contributed by atoms with Gasteiger partial charge in [-0.25, -0.2) is 18.4 Å². The lowest BCUT2D eigenvalue weighted by atomic mass is 10.2. The largest absolute Gasteiger partial charge is 0.321 e. The molecule has 33 heavy (non-hydrogen) atoms. The molecule has 0 bridgehead atoms. The van der Waals surface area contributed by atoms with Crippen molar-refractivity contribution in [3.63, 3.8) is 0 Å². The van der Waals surface area contributed by atoms with E-state index in [-0.39, 0.29) is 11.7 Å². The lowest BCUT2D eigenvalue weighted by molar-refractivity contribution is -0.111. The van der Waals surface area contributed by atoms with Crippen molar-refractivity contribution in [3.8, 4) is 5.82 Å². The highest BCUT2D eigenvalue weighted by atomic mass is 32.2. The fraction of sp³-hybridized carbons (Fsp3) is 0.125. The van der Waals surface area contributed by atoms with Gasteiger partial charge in [0, 0.05) is 12.6 Å². The highest BCUT2D eigenvalue weighted by Gasteiger charge is 2.28. The number of aromatic nitrogens is 3. The zero-order valence-corrected chi connectivity index (χ0v) is 18.4. The average Bonchev–Trinajstić information content (AvgIpc) is 3.41. The second-order valence-electron chi connectivity index (χ2n) is 7.66. The molecule has 1 aliphatic heterocycles. The Morgan fingerprint density at radius 2 is 1.82 bits per heavy atom. The van der Waals surface area contributed by atoms with Gasteiger partial charge in [-0.3, -0.25) is 13.7 Å². The van der Waals surface area contributed by atoms with E-state index in [1.807, 2.05) is 34.9 Å². The molecule has 0 aliphatic carbocycles. The normalized spacial score (nSPS) is 15.3. The molecule has 0 unspecified atom stereocenters. The highest BCUT2D eigenvalue weighted by molar-refractivity contribution is 7.93. The Bertz CT molecular complexity index is 1440. The van der Waals surface area contributed by atoms with E-state index in [9.17, 15) is 13.2 Å². The van der Waals surface area contributed by atoms with Crippen LogP contribution in [0.25, 0.3) is 22.9 Å². The van der Waals surface area contributed by atoms with Crippen LogP contribution in [0.5, 0.6) is 0 Å². The lowest BCUT2D eigenvalue weighted by Crippen LogP contribution is -2.24. The smallest absolute Gasteiger partial charge is 0.248 e. The molecule has 1 amide bonds. The topological polar surface area (TPSA) is 97.2 Å². The van der Waals surface area contributed by atoms with Crippen LogP contribution < -0.4 is 9.62 Å². The minimum atomic E-state index is -3.20. The first kappa shape index (κ1) is 20.9. The summed E-state index contributed by atoms with van der Waals surface area (Å²) in [5.41, 5.74) is 3.86. The summed E-state index contributed by atoms with van der Waals surface area (Å²) in [6.45, 7) is 0.504. The minimum absolute atomic E-state index is 0.184. The van der Waals surface area contributed by atoms with E-state index in [2.05, 4.69) is 15.3 Å². The third-order valence-electron chi connectivity index (χ3n) is 5.42. The predicted molar refractivity (Wildman–Crippen MR) is 129 cm³/mol. The molecular weight excluding hydrogens is 438 g/mol. The Labute approximate surface area is 191 Å². The third kappa shape index (κ3) is 4.35. The van der Waals surface area contributed by atoms with E-state index < -0.39 is 10.0 Å². The van der Waals surface area contributed by atoms with Crippen LogP contribution in [0.3, 0.4) is 0 Å². The molecule has 1 fully saturated rings. The van der Waals surface area contributed by atoms with Crippen LogP contribution in [-0.4, -0.2) is 41.2 Å². The van der Waals surface area contributed by atoms with E-state index in [4.69, 9.17) is 0 Å². The number of carbonyl (C=O) groups excluding carboxylic acids is 1. The fourth-order valence-corrected chi connectivity index (χ4v) is 5.35. The number of pyridine rings is 1. The Balaban J connectivity index is 1.23. The van der Waals surface area contributed by atoms with Crippen molar-refractivity contribution in [2.45, 2.75) is 6.42 Å². The van der Waals surface area contributed by atoms with Gasteiger partial charge in [-0.1, -0.05) is 24.3 Å². The second kappa shape index (κ2) is 8.51. The van der Waals surface area contributed by atoms with E-state index in [0.29, 0.717) is 30.2 Å². The number of nitrogens with one attached hydrogen (secondary N) is 1. The summed E-state index contributed by atoms with van der Waals surface area (Å²) in [7, 11) is -3.20. The number of nitrogens with zero attached hydrogens (tertiary/aromatic N) is 4. The Morgan fingerprint density at radius 3 is 2.55 bits per heavy atom. The molecule has 8 nitrogen and oxygen atoms in total. The number of amides is 1. The molecule has 1 N–H and O–H groups in total. The van der Waals surface area contributed by atoms with Gasteiger partial charge in [-0.15, -0.1) is 0 Å². The molecule has 0 radical (unpaired) electrons. The first-order valence-electron chi connectivity index (χ1n) is 10.5. The molecule has 0 spiro atoms. The number of hydrogen-bond acceptors (Lipinski definition) is 5. The molecular formula is C24H21N5O3S. The van der Waals surface area contributed by atoms with Gasteiger partial charge in [-0.2, -0.15) is 0 Å². The number of hydrogen-bond donors (Lipinski definition) is 1. The maximum Gasteiger partial charge on any atom is 0.248 e. The van der Waals surface area contributed by atoms with Crippen molar-refractivity contribution >= 4 is 44.4 Å². The van der Waals surface area contributed by atoms with Gasteiger partial charge in [0.25, 0.3) is 0 Å². The highest BCUT2D eigenvalue weighted by Crippen LogP contribution is 2.24. The SMILES string of the molecule is O=C(/C=C/c1ccc(N2CCCS2(=O)=O)cc1)Nc1ccc(-n2cnc3ccccc32)nc1. The molecule has 2 aromatic heterocycles. The van der Waals surface area contributed by atoms with Crippen molar-refractivity contribution in [2.24, 2.45) is 0 Å². The lowest BCUT2D eigenvalue weighted by Gasteiger charge is -2.16. The number of para-hydroxylation sites is 2. The van der Waals surface area contributed by atoms with Crippen LogP contribution >= 0.6 is 0 Å². The van der Waals surface area contributed by atoms with E-state index in [1.54, 1.807) is 48.9 Å². The van der Waals surface area contributed by atoms with Gasteiger partial charge >= 0.3 is 0 Å². The fourth-order valence-electron chi connectivity index (χ4n) is 3.78. The van der Waals surface area contributed by atoms with Crippen molar-refractivity contribution in [1.82, 2.24) is 14.5 Å². The molecule has 5 rings (SSSR count). The number of rotatable bonds is 5. The molecule has 1 saturated heterocycles. The zero-order valence-electron chi connectivity index (χ0n) is 17.6. The van der Waals surface area contributed by atoms with Crippen LogP contribution in [0.15, 0.2) is 79.3 Å². The monoisotopic (exact) mass is 459 g/mol. The van der Waals surface area contributed by atoms with Gasteiger partial charge < -0.3 is 5.32 Å². The van der Waals surface area contributed by atoms with E-state index >= 15 is 0 Å².